The van der Waals surface area contributed by atoms with Gasteiger partial charge >= 0.3 is 5.97 Å². The molecule has 0 saturated heterocycles. The van der Waals surface area contributed by atoms with Gasteiger partial charge in [0.15, 0.2) is 5.92 Å². The number of carbonyl (C=O) groups is 2. The van der Waals surface area contributed by atoms with E-state index < -0.39 is 17.1 Å². The Bertz CT molecular complexity index is 566. The van der Waals surface area contributed by atoms with Gasteiger partial charge in [0.05, 0.1) is 0 Å². The average Bonchev–Trinajstić information content (AvgIpc) is 2.40. The molecular formula is C15H11ClO3. The van der Waals surface area contributed by atoms with E-state index in [1.165, 1.54) is 0 Å². The molecule has 2 aromatic rings. The lowest BCUT2D eigenvalue weighted by Crippen LogP contribution is -2.23. The van der Waals surface area contributed by atoms with Gasteiger partial charge in [-0.15, -0.1) is 0 Å². The number of carbonyl (C=O) groups excluding carboxylic acids is 2. The maximum atomic E-state index is 12.0. The van der Waals surface area contributed by atoms with Crippen molar-refractivity contribution >= 4 is 22.8 Å². The van der Waals surface area contributed by atoms with Crippen molar-refractivity contribution < 1.29 is 14.3 Å². The Morgan fingerprint density at radius 2 is 1.42 bits per heavy atom. The molecule has 0 bridgehead atoms. The van der Waals surface area contributed by atoms with Crippen LogP contribution in [0.5, 0.6) is 5.75 Å². The molecule has 0 fully saturated rings. The highest BCUT2D eigenvalue weighted by atomic mass is 35.5. The molecule has 0 aliphatic heterocycles. The standard InChI is InChI=1S/C15H11ClO3/c16-14(17)13(11-7-3-1-4-8-11)15(18)19-12-9-5-2-6-10-12/h1-10,13H. The van der Waals surface area contributed by atoms with E-state index in [0.29, 0.717) is 11.3 Å². The fraction of sp³-hybridized carbons (Fsp3) is 0.0667. The Kier molecular flexibility index (Phi) is 4.31. The molecule has 0 heterocycles. The van der Waals surface area contributed by atoms with Crippen LogP contribution in [-0.4, -0.2) is 11.2 Å². The Labute approximate surface area is 115 Å². The number of esters is 1. The first kappa shape index (κ1) is 13.3. The summed E-state index contributed by atoms with van der Waals surface area (Å²) in [6.45, 7) is 0. The summed E-state index contributed by atoms with van der Waals surface area (Å²) in [7, 11) is 0. The SMILES string of the molecule is O=C(Cl)C(C(=O)Oc1ccccc1)c1ccccc1. The number of para-hydroxylation sites is 1. The molecule has 0 aromatic heterocycles. The minimum Gasteiger partial charge on any atom is -0.426 e. The van der Waals surface area contributed by atoms with Gasteiger partial charge in [0.25, 0.3) is 0 Å². The van der Waals surface area contributed by atoms with Crippen LogP contribution in [0.2, 0.25) is 0 Å². The number of halogens is 1. The fourth-order valence-electron chi connectivity index (χ4n) is 1.67. The third kappa shape index (κ3) is 3.42. The highest BCUT2D eigenvalue weighted by molar-refractivity contribution is 6.66. The predicted octanol–water partition coefficient (Wildman–Crippen LogP) is 3.14. The van der Waals surface area contributed by atoms with Crippen molar-refractivity contribution in [3.05, 3.63) is 66.2 Å². The normalized spacial score (nSPS) is 11.6. The quantitative estimate of drug-likeness (QED) is 0.372. The zero-order chi connectivity index (χ0) is 13.7. The van der Waals surface area contributed by atoms with Gasteiger partial charge in [-0.2, -0.15) is 0 Å². The Morgan fingerprint density at radius 1 is 0.895 bits per heavy atom. The molecule has 0 aliphatic rings. The van der Waals surface area contributed by atoms with E-state index in [9.17, 15) is 9.59 Å². The number of rotatable bonds is 4. The Morgan fingerprint density at radius 3 is 1.95 bits per heavy atom. The first-order chi connectivity index (χ1) is 9.18. The van der Waals surface area contributed by atoms with Crippen molar-refractivity contribution in [3.8, 4) is 5.75 Å². The lowest BCUT2D eigenvalue weighted by Gasteiger charge is -2.12. The number of hydrogen-bond acceptors (Lipinski definition) is 3. The fourth-order valence-corrected chi connectivity index (χ4v) is 1.88. The molecule has 1 atom stereocenters. The van der Waals surface area contributed by atoms with Crippen molar-refractivity contribution in [2.24, 2.45) is 0 Å². The minimum atomic E-state index is -1.11. The third-order valence-electron chi connectivity index (χ3n) is 2.56. The van der Waals surface area contributed by atoms with Gasteiger partial charge in [-0.1, -0.05) is 48.5 Å². The van der Waals surface area contributed by atoms with Crippen LogP contribution in [0.15, 0.2) is 60.7 Å². The van der Waals surface area contributed by atoms with Crippen molar-refractivity contribution in [2.75, 3.05) is 0 Å². The lowest BCUT2D eigenvalue weighted by atomic mass is 10.0. The first-order valence-electron chi connectivity index (χ1n) is 5.69. The molecule has 4 heteroatoms. The van der Waals surface area contributed by atoms with Gasteiger partial charge in [-0.25, -0.2) is 0 Å². The van der Waals surface area contributed by atoms with E-state index in [0.717, 1.165) is 0 Å². The van der Waals surface area contributed by atoms with Crippen LogP contribution in [0, 0.1) is 0 Å². The first-order valence-corrected chi connectivity index (χ1v) is 6.07. The van der Waals surface area contributed by atoms with E-state index in [1.54, 1.807) is 60.7 Å². The van der Waals surface area contributed by atoms with E-state index in [-0.39, 0.29) is 0 Å². The van der Waals surface area contributed by atoms with E-state index >= 15 is 0 Å². The van der Waals surface area contributed by atoms with E-state index in [2.05, 4.69) is 0 Å². The summed E-state index contributed by atoms with van der Waals surface area (Å²) < 4.78 is 5.15. The molecule has 0 radical (unpaired) electrons. The summed E-state index contributed by atoms with van der Waals surface area (Å²) in [5.41, 5.74) is 0.517. The van der Waals surface area contributed by atoms with Crippen molar-refractivity contribution in [2.45, 2.75) is 5.92 Å². The highest BCUT2D eigenvalue weighted by Crippen LogP contribution is 2.22. The summed E-state index contributed by atoms with van der Waals surface area (Å²) >= 11 is 5.50. The molecule has 0 spiro atoms. The summed E-state index contributed by atoms with van der Waals surface area (Å²) in [5.74, 6) is -1.41. The monoisotopic (exact) mass is 274 g/mol. The summed E-state index contributed by atoms with van der Waals surface area (Å²) in [6, 6.07) is 17.1. The van der Waals surface area contributed by atoms with Crippen LogP contribution < -0.4 is 4.74 Å². The zero-order valence-electron chi connectivity index (χ0n) is 9.95. The maximum Gasteiger partial charge on any atom is 0.327 e. The molecule has 0 aliphatic carbocycles. The molecule has 0 N–H and O–H groups in total. The molecule has 2 rings (SSSR count). The van der Waals surface area contributed by atoms with Crippen LogP contribution >= 0.6 is 11.6 Å². The second-order valence-corrected chi connectivity index (χ2v) is 4.25. The largest absolute Gasteiger partial charge is 0.426 e. The van der Waals surface area contributed by atoms with Crippen LogP contribution in [0.3, 0.4) is 0 Å². The van der Waals surface area contributed by atoms with Gasteiger partial charge in [0, 0.05) is 0 Å². The van der Waals surface area contributed by atoms with Gasteiger partial charge in [0.1, 0.15) is 5.75 Å². The molecule has 96 valence electrons. The molecule has 0 amide bonds. The van der Waals surface area contributed by atoms with Crippen molar-refractivity contribution in [1.29, 1.82) is 0 Å². The van der Waals surface area contributed by atoms with Gasteiger partial charge in [-0.3, -0.25) is 9.59 Å². The number of ether oxygens (including phenoxy) is 1. The lowest BCUT2D eigenvalue weighted by molar-refractivity contribution is -0.138. The van der Waals surface area contributed by atoms with Crippen molar-refractivity contribution in [3.63, 3.8) is 0 Å². The molecule has 2 aromatic carbocycles. The summed E-state index contributed by atoms with van der Waals surface area (Å²) in [6.07, 6.45) is 0. The topological polar surface area (TPSA) is 43.4 Å². The van der Waals surface area contributed by atoms with Crippen molar-refractivity contribution in [1.82, 2.24) is 0 Å². The summed E-state index contributed by atoms with van der Waals surface area (Å²) in [4.78, 5) is 23.5. The Balaban J connectivity index is 2.21. The highest BCUT2D eigenvalue weighted by Gasteiger charge is 2.28. The van der Waals surface area contributed by atoms with E-state index in [4.69, 9.17) is 16.3 Å². The minimum absolute atomic E-state index is 0.381. The maximum absolute atomic E-state index is 12.0. The van der Waals surface area contributed by atoms with Gasteiger partial charge in [-0.05, 0) is 29.3 Å². The molecular weight excluding hydrogens is 264 g/mol. The van der Waals surface area contributed by atoms with Gasteiger partial charge < -0.3 is 4.74 Å². The van der Waals surface area contributed by atoms with E-state index in [1.807, 2.05) is 0 Å². The predicted molar refractivity (Wildman–Crippen MR) is 72.1 cm³/mol. The molecule has 1 unspecified atom stereocenters. The van der Waals surface area contributed by atoms with Gasteiger partial charge in [0.2, 0.25) is 5.24 Å². The van der Waals surface area contributed by atoms with Crippen LogP contribution in [0.4, 0.5) is 0 Å². The second-order valence-electron chi connectivity index (χ2n) is 3.88. The number of benzene rings is 2. The van der Waals surface area contributed by atoms with Crippen LogP contribution in [-0.2, 0) is 9.59 Å². The number of hydrogen-bond donors (Lipinski definition) is 0. The molecule has 19 heavy (non-hydrogen) atoms. The van der Waals surface area contributed by atoms with Crippen LogP contribution in [0.1, 0.15) is 11.5 Å². The Hall–Kier alpha value is -2.13. The third-order valence-corrected chi connectivity index (χ3v) is 2.78. The summed E-state index contributed by atoms with van der Waals surface area (Å²) in [5, 5.41) is -0.757. The van der Waals surface area contributed by atoms with Crippen LogP contribution in [0.25, 0.3) is 0 Å². The molecule has 0 saturated carbocycles. The zero-order valence-corrected chi connectivity index (χ0v) is 10.7. The average molecular weight is 275 g/mol. The second kappa shape index (κ2) is 6.16. The molecule has 3 nitrogen and oxygen atoms in total. The smallest absolute Gasteiger partial charge is 0.327 e.